The van der Waals surface area contributed by atoms with Gasteiger partial charge in [0.2, 0.25) is 11.8 Å². The molecule has 1 unspecified atom stereocenters. The van der Waals surface area contributed by atoms with Crippen LogP contribution in [0.5, 0.6) is 11.6 Å². The second-order valence-electron chi connectivity index (χ2n) is 13.3. The first kappa shape index (κ1) is 32.7. The molecule has 4 aromatic rings. The molecule has 256 valence electrons. The number of amides is 1. The van der Waals surface area contributed by atoms with E-state index >= 15 is 0 Å². The maximum atomic E-state index is 12.6. The van der Waals surface area contributed by atoms with Crippen LogP contribution in [-0.4, -0.2) is 60.5 Å². The molecular formula is C40H46N4O5. The van der Waals surface area contributed by atoms with Crippen LogP contribution >= 0.6 is 0 Å². The van der Waals surface area contributed by atoms with E-state index in [1.807, 2.05) is 12.1 Å². The van der Waals surface area contributed by atoms with E-state index in [1.165, 1.54) is 35.6 Å². The molecule has 1 saturated heterocycles. The van der Waals surface area contributed by atoms with Gasteiger partial charge in [-0.05, 0) is 115 Å². The first-order valence-electron chi connectivity index (χ1n) is 17.7. The molecule has 0 spiro atoms. The number of ether oxygens (including phenoxy) is 3. The highest BCUT2D eigenvalue weighted by molar-refractivity contribution is 5.92. The lowest BCUT2D eigenvalue weighted by Crippen LogP contribution is -2.38. The number of carbonyl (C=O) groups is 2. The van der Waals surface area contributed by atoms with Crippen LogP contribution < -0.4 is 14.8 Å². The molecule has 1 saturated carbocycles. The number of aryl methyl sites for hydroxylation is 2. The van der Waals surface area contributed by atoms with Crippen molar-refractivity contribution in [1.29, 1.82) is 0 Å². The van der Waals surface area contributed by atoms with E-state index < -0.39 is 5.97 Å². The normalized spacial score (nSPS) is 17.5. The Morgan fingerprint density at radius 3 is 2.47 bits per heavy atom. The van der Waals surface area contributed by atoms with Crippen LogP contribution in [0.1, 0.15) is 90.5 Å². The molecular weight excluding hydrogens is 616 g/mol. The number of aromatic nitrogens is 2. The summed E-state index contributed by atoms with van der Waals surface area (Å²) < 4.78 is 18.2. The lowest BCUT2D eigenvalue weighted by Gasteiger charge is -2.33. The first-order valence-corrected chi connectivity index (χ1v) is 17.7. The Kier molecular flexibility index (Phi) is 9.34. The Balaban J connectivity index is 1.15. The fourth-order valence-corrected chi connectivity index (χ4v) is 7.76. The highest BCUT2D eigenvalue weighted by Crippen LogP contribution is 2.43. The van der Waals surface area contributed by atoms with Crippen LogP contribution in [0.25, 0.3) is 16.8 Å². The zero-order valence-electron chi connectivity index (χ0n) is 29.0. The number of fused-ring (bicyclic) bond motifs is 1. The monoisotopic (exact) mass is 662 g/mol. The number of hydrogen-bond donors (Lipinski definition) is 1. The molecule has 1 atom stereocenters. The summed E-state index contributed by atoms with van der Waals surface area (Å²) >= 11 is 0. The summed E-state index contributed by atoms with van der Waals surface area (Å²) in [6.07, 6.45) is 8.66. The van der Waals surface area contributed by atoms with Gasteiger partial charge in [-0.15, -0.1) is 0 Å². The number of anilines is 1. The molecule has 2 fully saturated rings. The van der Waals surface area contributed by atoms with E-state index in [9.17, 15) is 9.59 Å². The van der Waals surface area contributed by atoms with Crippen molar-refractivity contribution in [2.45, 2.75) is 70.8 Å². The molecule has 2 aliphatic carbocycles. The molecule has 1 amide bonds. The molecule has 3 aliphatic rings. The number of rotatable bonds is 11. The average molecular weight is 663 g/mol. The standard InChI is InChI=1S/C40H46N4O5/c1-5-25-22-30(14-15-31(25)26-18-20-43(21-19-26)38(45)28-10-11-28)42-34-16-12-27-8-7-9-32(37(27)34)29-13-17-36(47-3)35(23-29)44-39(48-4)33(24-41-44)40(46)49-6-2/h7-9,13-15,17,22-24,26,28,34,42H,5-6,10-12,16,18-21H2,1-4H3. The van der Waals surface area contributed by atoms with Crippen molar-refractivity contribution >= 4 is 17.6 Å². The maximum absolute atomic E-state index is 12.6. The van der Waals surface area contributed by atoms with Crippen molar-refractivity contribution in [3.05, 3.63) is 88.6 Å². The van der Waals surface area contributed by atoms with Gasteiger partial charge in [-0.1, -0.05) is 37.3 Å². The van der Waals surface area contributed by atoms with Crippen LogP contribution in [0.2, 0.25) is 0 Å². The molecule has 49 heavy (non-hydrogen) atoms. The van der Waals surface area contributed by atoms with Crippen LogP contribution in [-0.2, 0) is 22.4 Å². The average Bonchev–Trinajstić information content (AvgIpc) is 3.78. The third-order valence-corrected chi connectivity index (χ3v) is 10.4. The summed E-state index contributed by atoms with van der Waals surface area (Å²) in [6, 6.07) is 19.6. The Hall–Kier alpha value is -4.79. The summed E-state index contributed by atoms with van der Waals surface area (Å²) in [5.74, 6) is 1.58. The van der Waals surface area contributed by atoms with Gasteiger partial charge in [-0.2, -0.15) is 9.78 Å². The van der Waals surface area contributed by atoms with Crippen molar-refractivity contribution in [2.75, 3.05) is 39.2 Å². The van der Waals surface area contributed by atoms with Gasteiger partial charge in [0.15, 0.2) is 0 Å². The Morgan fingerprint density at radius 2 is 1.76 bits per heavy atom. The molecule has 2 heterocycles. The molecule has 1 N–H and O–H groups in total. The Bertz CT molecular complexity index is 1850. The van der Waals surface area contributed by atoms with Gasteiger partial charge in [0.1, 0.15) is 17.0 Å². The molecule has 0 bridgehead atoms. The lowest BCUT2D eigenvalue weighted by molar-refractivity contribution is -0.133. The van der Waals surface area contributed by atoms with Gasteiger partial charge < -0.3 is 24.4 Å². The summed E-state index contributed by atoms with van der Waals surface area (Å²) in [5.41, 5.74) is 9.69. The highest BCUT2D eigenvalue weighted by atomic mass is 16.5. The Labute approximate surface area is 288 Å². The van der Waals surface area contributed by atoms with Gasteiger partial charge in [0.25, 0.3) is 0 Å². The highest BCUT2D eigenvalue weighted by Gasteiger charge is 2.35. The molecule has 3 aromatic carbocycles. The van der Waals surface area contributed by atoms with Gasteiger partial charge in [0.05, 0.1) is 33.1 Å². The van der Waals surface area contributed by atoms with Crippen molar-refractivity contribution in [3.63, 3.8) is 0 Å². The summed E-state index contributed by atoms with van der Waals surface area (Å²) in [5, 5.41) is 8.41. The predicted molar refractivity (Wildman–Crippen MR) is 190 cm³/mol. The smallest absolute Gasteiger partial charge is 0.345 e. The van der Waals surface area contributed by atoms with E-state index in [0.29, 0.717) is 35.1 Å². The number of carbonyl (C=O) groups excluding carboxylic acids is 2. The predicted octanol–water partition coefficient (Wildman–Crippen LogP) is 7.51. The van der Waals surface area contributed by atoms with E-state index in [2.05, 4.69) is 64.7 Å². The van der Waals surface area contributed by atoms with Gasteiger partial charge in [-0.3, -0.25) is 4.79 Å². The fourth-order valence-electron chi connectivity index (χ4n) is 7.76. The number of nitrogens with one attached hydrogen (secondary N) is 1. The topological polar surface area (TPSA) is 94.9 Å². The first-order chi connectivity index (χ1) is 23.9. The third-order valence-electron chi connectivity index (χ3n) is 10.4. The minimum Gasteiger partial charge on any atom is -0.494 e. The molecule has 7 rings (SSSR count). The molecule has 1 aromatic heterocycles. The Morgan fingerprint density at radius 1 is 0.939 bits per heavy atom. The van der Waals surface area contributed by atoms with Crippen LogP contribution in [0.4, 0.5) is 5.69 Å². The van der Waals surface area contributed by atoms with Gasteiger partial charge >= 0.3 is 5.97 Å². The van der Waals surface area contributed by atoms with Crippen molar-refractivity contribution < 1.29 is 23.8 Å². The zero-order valence-corrected chi connectivity index (χ0v) is 29.0. The van der Waals surface area contributed by atoms with E-state index in [1.54, 1.807) is 18.7 Å². The number of nitrogens with zero attached hydrogens (tertiary/aromatic N) is 3. The molecule has 0 radical (unpaired) electrons. The van der Waals surface area contributed by atoms with E-state index in [0.717, 1.165) is 74.8 Å². The lowest BCUT2D eigenvalue weighted by atomic mass is 9.85. The fraction of sp³-hybridized carbons (Fsp3) is 0.425. The number of esters is 1. The molecule has 1 aliphatic heterocycles. The number of piperidine rings is 1. The largest absolute Gasteiger partial charge is 0.494 e. The summed E-state index contributed by atoms with van der Waals surface area (Å²) in [4.78, 5) is 27.3. The molecule has 9 nitrogen and oxygen atoms in total. The SMILES string of the molecule is CCOC(=O)c1cnn(-c2cc(-c3cccc4c3C(Nc3ccc(C5CCN(C(=O)C6CC6)CC5)c(CC)c3)CC4)ccc2OC)c1OC. The second kappa shape index (κ2) is 14.0. The van der Waals surface area contributed by atoms with E-state index in [4.69, 9.17) is 14.2 Å². The van der Waals surface area contributed by atoms with Crippen LogP contribution in [0, 0.1) is 5.92 Å². The zero-order chi connectivity index (χ0) is 34.1. The van der Waals surface area contributed by atoms with Gasteiger partial charge in [0, 0.05) is 24.7 Å². The number of methoxy groups -OCH3 is 2. The maximum Gasteiger partial charge on any atom is 0.345 e. The summed E-state index contributed by atoms with van der Waals surface area (Å²) in [6.45, 7) is 6.01. The second-order valence-corrected chi connectivity index (χ2v) is 13.3. The van der Waals surface area contributed by atoms with Crippen molar-refractivity contribution in [2.24, 2.45) is 5.92 Å². The van der Waals surface area contributed by atoms with Crippen molar-refractivity contribution in [3.8, 4) is 28.4 Å². The number of benzene rings is 3. The number of likely N-dealkylation sites (tertiary alicyclic amines) is 1. The van der Waals surface area contributed by atoms with Gasteiger partial charge in [-0.25, -0.2) is 4.79 Å². The number of hydrogen-bond acceptors (Lipinski definition) is 7. The summed E-state index contributed by atoms with van der Waals surface area (Å²) in [7, 11) is 3.14. The van der Waals surface area contributed by atoms with Crippen LogP contribution in [0.3, 0.4) is 0 Å². The quantitative estimate of drug-likeness (QED) is 0.166. The van der Waals surface area contributed by atoms with E-state index in [-0.39, 0.29) is 18.2 Å². The van der Waals surface area contributed by atoms with Crippen molar-refractivity contribution in [1.82, 2.24) is 14.7 Å². The van der Waals surface area contributed by atoms with Crippen LogP contribution in [0.15, 0.2) is 60.8 Å². The minimum atomic E-state index is -0.486. The molecule has 9 heteroatoms. The minimum absolute atomic E-state index is 0.152. The third kappa shape index (κ3) is 6.38.